The van der Waals surface area contributed by atoms with Crippen LogP contribution < -0.4 is 10.5 Å². The van der Waals surface area contributed by atoms with Crippen LogP contribution in [0, 0.1) is 5.41 Å². The second kappa shape index (κ2) is 5.54. The van der Waals surface area contributed by atoms with Crippen molar-refractivity contribution in [3.05, 3.63) is 29.8 Å². The number of ether oxygens (including phenoxy) is 1. The zero-order valence-electron chi connectivity index (χ0n) is 10.7. The highest BCUT2D eigenvalue weighted by molar-refractivity contribution is 5.27. The lowest BCUT2D eigenvalue weighted by molar-refractivity contribution is 0.116. The molecule has 0 spiro atoms. The van der Waals surface area contributed by atoms with Crippen LogP contribution in [0.1, 0.15) is 44.6 Å². The predicted molar refractivity (Wildman–Crippen MR) is 71.0 cm³/mol. The molecule has 94 valence electrons. The van der Waals surface area contributed by atoms with E-state index in [4.69, 9.17) is 10.5 Å². The molecule has 1 aromatic carbocycles. The van der Waals surface area contributed by atoms with E-state index in [-0.39, 0.29) is 0 Å². The van der Waals surface area contributed by atoms with Gasteiger partial charge in [-0.25, -0.2) is 0 Å². The van der Waals surface area contributed by atoms with Crippen molar-refractivity contribution >= 4 is 0 Å². The molecule has 2 N–H and O–H groups in total. The molecule has 2 nitrogen and oxygen atoms in total. The summed E-state index contributed by atoms with van der Waals surface area (Å²) in [6, 6.07) is 8.12. The monoisotopic (exact) mass is 233 g/mol. The molecule has 0 heterocycles. The first-order chi connectivity index (χ1) is 8.22. The third-order valence-corrected chi connectivity index (χ3v) is 3.81. The van der Waals surface area contributed by atoms with Gasteiger partial charge in [0.2, 0.25) is 0 Å². The van der Waals surface area contributed by atoms with Gasteiger partial charge in [-0.05, 0) is 30.5 Å². The topological polar surface area (TPSA) is 35.2 Å². The van der Waals surface area contributed by atoms with Gasteiger partial charge in [0, 0.05) is 12.0 Å². The van der Waals surface area contributed by atoms with E-state index >= 15 is 0 Å². The van der Waals surface area contributed by atoms with Crippen LogP contribution in [0.5, 0.6) is 5.75 Å². The molecular formula is C15H23NO. The molecule has 1 aliphatic rings. The maximum Gasteiger partial charge on any atom is 0.119 e. The second-order valence-electron chi connectivity index (χ2n) is 5.51. The zero-order chi connectivity index (χ0) is 12.1. The van der Waals surface area contributed by atoms with Crippen LogP contribution in [-0.2, 0) is 6.54 Å². The average Bonchev–Trinajstić information content (AvgIpc) is 2.38. The molecule has 1 aromatic rings. The summed E-state index contributed by atoms with van der Waals surface area (Å²) in [6.07, 6.45) is 6.69. The van der Waals surface area contributed by atoms with Gasteiger partial charge in [-0.15, -0.1) is 0 Å². The van der Waals surface area contributed by atoms with Crippen LogP contribution in [0.4, 0.5) is 0 Å². The van der Waals surface area contributed by atoms with Gasteiger partial charge in [0.05, 0.1) is 6.61 Å². The van der Waals surface area contributed by atoms with Crippen LogP contribution in [0.15, 0.2) is 24.3 Å². The summed E-state index contributed by atoms with van der Waals surface area (Å²) in [4.78, 5) is 0. The third kappa shape index (κ3) is 3.47. The Morgan fingerprint density at radius 2 is 1.76 bits per heavy atom. The third-order valence-electron chi connectivity index (χ3n) is 3.81. The van der Waals surface area contributed by atoms with Crippen LogP contribution in [-0.4, -0.2) is 6.61 Å². The maximum atomic E-state index is 5.91. The van der Waals surface area contributed by atoms with E-state index < -0.39 is 0 Å². The van der Waals surface area contributed by atoms with Crippen molar-refractivity contribution in [3.63, 3.8) is 0 Å². The van der Waals surface area contributed by atoms with Crippen molar-refractivity contribution in [2.24, 2.45) is 11.1 Å². The molecule has 1 fully saturated rings. The summed E-state index contributed by atoms with van der Waals surface area (Å²) in [6.45, 7) is 3.79. The van der Waals surface area contributed by atoms with E-state index in [1.807, 2.05) is 24.3 Å². The van der Waals surface area contributed by atoms with E-state index in [0.717, 1.165) is 17.9 Å². The van der Waals surface area contributed by atoms with Gasteiger partial charge in [-0.2, -0.15) is 0 Å². The molecule has 0 radical (unpaired) electrons. The Labute approximate surface area is 104 Å². The summed E-state index contributed by atoms with van der Waals surface area (Å²) in [5.41, 5.74) is 7.10. The normalized spacial score (nSPS) is 18.9. The largest absolute Gasteiger partial charge is 0.493 e. The molecule has 1 saturated carbocycles. The van der Waals surface area contributed by atoms with E-state index in [1.165, 1.54) is 32.1 Å². The minimum Gasteiger partial charge on any atom is -0.493 e. The quantitative estimate of drug-likeness (QED) is 0.864. The summed E-state index contributed by atoms with van der Waals surface area (Å²) in [7, 11) is 0. The number of hydrogen-bond acceptors (Lipinski definition) is 2. The number of nitrogens with two attached hydrogens (primary N) is 1. The lowest BCUT2D eigenvalue weighted by atomic mass is 9.76. The SMILES string of the molecule is CC1(COc2ccc(CN)cc2)CCCCC1. The van der Waals surface area contributed by atoms with Gasteiger partial charge in [0.25, 0.3) is 0 Å². The van der Waals surface area contributed by atoms with Gasteiger partial charge in [-0.3, -0.25) is 0 Å². The molecule has 0 atom stereocenters. The highest BCUT2D eigenvalue weighted by Crippen LogP contribution is 2.36. The van der Waals surface area contributed by atoms with Crippen molar-refractivity contribution in [2.75, 3.05) is 6.61 Å². The Kier molecular flexibility index (Phi) is 4.06. The van der Waals surface area contributed by atoms with Gasteiger partial charge >= 0.3 is 0 Å². The molecule has 0 bridgehead atoms. The average molecular weight is 233 g/mol. The standard InChI is InChI=1S/C15H23NO/c1-15(9-3-2-4-10-15)12-17-14-7-5-13(11-16)6-8-14/h5-8H,2-4,9-12,16H2,1H3. The van der Waals surface area contributed by atoms with E-state index in [9.17, 15) is 0 Å². The minimum absolute atomic E-state index is 0.380. The number of rotatable bonds is 4. The lowest BCUT2D eigenvalue weighted by Gasteiger charge is -2.33. The Morgan fingerprint density at radius 3 is 2.35 bits per heavy atom. The predicted octanol–water partition coefficient (Wildman–Crippen LogP) is 3.49. The van der Waals surface area contributed by atoms with Crippen molar-refractivity contribution < 1.29 is 4.74 Å². The van der Waals surface area contributed by atoms with E-state index in [0.29, 0.717) is 12.0 Å². The van der Waals surface area contributed by atoms with Crippen LogP contribution in [0.3, 0.4) is 0 Å². The molecule has 2 heteroatoms. The fourth-order valence-corrected chi connectivity index (χ4v) is 2.53. The minimum atomic E-state index is 0.380. The zero-order valence-corrected chi connectivity index (χ0v) is 10.7. The Bertz CT molecular complexity index is 338. The van der Waals surface area contributed by atoms with E-state index in [2.05, 4.69) is 6.92 Å². The molecular weight excluding hydrogens is 210 g/mol. The van der Waals surface area contributed by atoms with Crippen molar-refractivity contribution in [2.45, 2.75) is 45.6 Å². The summed E-state index contributed by atoms with van der Waals surface area (Å²) in [5, 5.41) is 0. The fourth-order valence-electron chi connectivity index (χ4n) is 2.53. The van der Waals surface area contributed by atoms with Crippen LogP contribution in [0.25, 0.3) is 0 Å². The van der Waals surface area contributed by atoms with Gasteiger partial charge < -0.3 is 10.5 Å². The van der Waals surface area contributed by atoms with Crippen molar-refractivity contribution in [1.82, 2.24) is 0 Å². The van der Waals surface area contributed by atoms with Gasteiger partial charge in [-0.1, -0.05) is 38.3 Å². The molecule has 1 aliphatic carbocycles. The first-order valence-electron chi connectivity index (χ1n) is 6.64. The highest BCUT2D eigenvalue weighted by Gasteiger charge is 2.27. The lowest BCUT2D eigenvalue weighted by Crippen LogP contribution is -2.27. The summed E-state index contributed by atoms with van der Waals surface area (Å²) >= 11 is 0. The van der Waals surface area contributed by atoms with Crippen molar-refractivity contribution in [3.8, 4) is 5.75 Å². The summed E-state index contributed by atoms with van der Waals surface area (Å²) < 4.78 is 5.91. The van der Waals surface area contributed by atoms with Crippen LogP contribution >= 0.6 is 0 Å². The Hall–Kier alpha value is -1.02. The molecule has 0 amide bonds. The second-order valence-corrected chi connectivity index (χ2v) is 5.51. The smallest absolute Gasteiger partial charge is 0.119 e. The summed E-state index contributed by atoms with van der Waals surface area (Å²) in [5.74, 6) is 0.967. The highest BCUT2D eigenvalue weighted by atomic mass is 16.5. The Morgan fingerprint density at radius 1 is 1.12 bits per heavy atom. The number of hydrogen-bond donors (Lipinski definition) is 1. The molecule has 17 heavy (non-hydrogen) atoms. The van der Waals surface area contributed by atoms with Gasteiger partial charge in [0.15, 0.2) is 0 Å². The fraction of sp³-hybridized carbons (Fsp3) is 0.600. The van der Waals surface area contributed by atoms with E-state index in [1.54, 1.807) is 0 Å². The first-order valence-corrected chi connectivity index (χ1v) is 6.64. The Balaban J connectivity index is 1.87. The molecule has 0 unspecified atom stereocenters. The first kappa shape index (κ1) is 12.4. The molecule has 0 aromatic heterocycles. The van der Waals surface area contributed by atoms with Crippen molar-refractivity contribution in [1.29, 1.82) is 0 Å². The number of benzene rings is 1. The molecule has 0 saturated heterocycles. The van der Waals surface area contributed by atoms with Crippen LogP contribution in [0.2, 0.25) is 0 Å². The molecule has 0 aliphatic heterocycles. The molecule has 2 rings (SSSR count). The maximum absolute atomic E-state index is 5.91. The van der Waals surface area contributed by atoms with Gasteiger partial charge in [0.1, 0.15) is 5.75 Å².